The number of anilines is 1. The average Bonchev–Trinajstić information content (AvgIpc) is 2.80. The molecule has 0 aliphatic carbocycles. The van der Waals surface area contributed by atoms with E-state index < -0.39 is 0 Å². The quantitative estimate of drug-likeness (QED) is 0.807. The molecule has 3 rings (SSSR count). The summed E-state index contributed by atoms with van der Waals surface area (Å²) in [6, 6.07) is 6.22. The predicted molar refractivity (Wildman–Crippen MR) is 73.4 cm³/mol. The molecule has 2 aromatic rings. The van der Waals surface area contributed by atoms with Crippen molar-refractivity contribution in [2.24, 2.45) is 0 Å². The molecular weight excluding hydrogens is 278 g/mol. The third-order valence-electron chi connectivity index (χ3n) is 3.16. The third kappa shape index (κ3) is 2.02. The fourth-order valence-electron chi connectivity index (χ4n) is 2.37. The molecule has 0 bridgehead atoms. The number of rotatable bonds is 1. The molecule has 88 valence electrons. The van der Waals surface area contributed by atoms with Crippen LogP contribution in [0.5, 0.6) is 0 Å². The van der Waals surface area contributed by atoms with E-state index in [4.69, 9.17) is 0 Å². The Labute approximate surface area is 109 Å². The Morgan fingerprint density at radius 2 is 1.94 bits per heavy atom. The van der Waals surface area contributed by atoms with Gasteiger partial charge in [-0.2, -0.15) is 0 Å². The van der Waals surface area contributed by atoms with Gasteiger partial charge in [-0.05, 0) is 38.0 Å². The van der Waals surface area contributed by atoms with E-state index in [-0.39, 0.29) is 0 Å². The molecule has 17 heavy (non-hydrogen) atoms. The van der Waals surface area contributed by atoms with Crippen LogP contribution in [0.2, 0.25) is 0 Å². The van der Waals surface area contributed by atoms with Crippen molar-refractivity contribution in [1.29, 1.82) is 0 Å². The lowest BCUT2D eigenvalue weighted by molar-refractivity contribution is 0.925. The van der Waals surface area contributed by atoms with E-state index >= 15 is 0 Å². The monoisotopic (exact) mass is 291 g/mol. The highest BCUT2D eigenvalue weighted by atomic mass is 79.9. The van der Waals surface area contributed by atoms with Gasteiger partial charge in [0, 0.05) is 22.9 Å². The van der Waals surface area contributed by atoms with Crippen molar-refractivity contribution in [2.75, 3.05) is 18.0 Å². The molecule has 1 aromatic carbocycles. The van der Waals surface area contributed by atoms with Crippen LogP contribution < -0.4 is 4.90 Å². The smallest absolute Gasteiger partial charge is 0.140 e. The number of fused-ring (bicyclic) bond motifs is 1. The molecule has 0 saturated carbocycles. The van der Waals surface area contributed by atoms with Crippen molar-refractivity contribution in [1.82, 2.24) is 9.97 Å². The standard InChI is InChI=1S/C13H14BrN3/c1-9-15-12-8-10(14)4-5-11(12)13(16-9)17-6-2-3-7-17/h4-5,8H,2-3,6-7H2,1H3. The predicted octanol–water partition coefficient (Wildman–Crippen LogP) is 3.30. The van der Waals surface area contributed by atoms with Gasteiger partial charge in [-0.3, -0.25) is 0 Å². The van der Waals surface area contributed by atoms with Crippen LogP contribution in [0.25, 0.3) is 10.9 Å². The average molecular weight is 292 g/mol. The molecule has 0 spiro atoms. The Kier molecular flexibility index (Phi) is 2.74. The first-order valence-corrected chi connectivity index (χ1v) is 6.72. The van der Waals surface area contributed by atoms with Gasteiger partial charge in [-0.1, -0.05) is 15.9 Å². The highest BCUT2D eigenvalue weighted by molar-refractivity contribution is 9.10. The number of hydrogen-bond acceptors (Lipinski definition) is 3. The van der Waals surface area contributed by atoms with Gasteiger partial charge in [0.15, 0.2) is 0 Å². The summed E-state index contributed by atoms with van der Waals surface area (Å²) in [5.41, 5.74) is 1.02. The van der Waals surface area contributed by atoms with E-state index in [1.54, 1.807) is 0 Å². The summed E-state index contributed by atoms with van der Waals surface area (Å²) in [6.07, 6.45) is 2.53. The Morgan fingerprint density at radius 1 is 1.18 bits per heavy atom. The summed E-state index contributed by atoms with van der Waals surface area (Å²) in [5, 5.41) is 1.15. The molecule has 1 aliphatic heterocycles. The largest absolute Gasteiger partial charge is 0.356 e. The second kappa shape index (κ2) is 4.26. The van der Waals surface area contributed by atoms with Crippen molar-refractivity contribution in [3.8, 4) is 0 Å². The molecule has 0 N–H and O–H groups in total. The zero-order valence-electron chi connectivity index (χ0n) is 9.78. The van der Waals surface area contributed by atoms with E-state index in [1.807, 2.05) is 6.92 Å². The molecule has 0 radical (unpaired) electrons. The molecule has 0 unspecified atom stereocenters. The fourth-order valence-corrected chi connectivity index (χ4v) is 2.72. The summed E-state index contributed by atoms with van der Waals surface area (Å²) >= 11 is 3.49. The van der Waals surface area contributed by atoms with Gasteiger partial charge in [0.05, 0.1) is 5.52 Å². The Balaban J connectivity index is 2.21. The van der Waals surface area contributed by atoms with Crippen molar-refractivity contribution < 1.29 is 0 Å². The molecule has 1 saturated heterocycles. The first-order chi connectivity index (χ1) is 8.24. The lowest BCUT2D eigenvalue weighted by Crippen LogP contribution is -2.20. The molecule has 0 amide bonds. The second-order valence-corrected chi connectivity index (χ2v) is 5.37. The minimum absolute atomic E-state index is 0.845. The normalized spacial score (nSPS) is 15.8. The maximum absolute atomic E-state index is 4.61. The molecule has 0 atom stereocenters. The van der Waals surface area contributed by atoms with E-state index in [0.717, 1.165) is 40.1 Å². The minimum Gasteiger partial charge on any atom is -0.356 e. The molecule has 1 aromatic heterocycles. The molecule has 4 heteroatoms. The lowest BCUT2D eigenvalue weighted by Gasteiger charge is -2.18. The molecular formula is C13H14BrN3. The molecule has 1 aliphatic rings. The number of nitrogens with zero attached hydrogens (tertiary/aromatic N) is 3. The van der Waals surface area contributed by atoms with E-state index in [1.165, 1.54) is 12.8 Å². The molecule has 1 fully saturated rings. The van der Waals surface area contributed by atoms with Crippen molar-refractivity contribution in [3.05, 3.63) is 28.5 Å². The summed E-state index contributed by atoms with van der Waals surface area (Å²) in [4.78, 5) is 11.5. The number of hydrogen-bond donors (Lipinski definition) is 0. The zero-order chi connectivity index (χ0) is 11.8. The lowest BCUT2D eigenvalue weighted by atomic mass is 10.2. The summed E-state index contributed by atoms with van der Waals surface area (Å²) in [5.74, 6) is 1.94. The van der Waals surface area contributed by atoms with Crippen molar-refractivity contribution in [3.63, 3.8) is 0 Å². The Hall–Kier alpha value is -1.16. The first-order valence-electron chi connectivity index (χ1n) is 5.93. The third-order valence-corrected chi connectivity index (χ3v) is 3.65. The van der Waals surface area contributed by atoms with Gasteiger partial charge in [0.2, 0.25) is 0 Å². The van der Waals surface area contributed by atoms with Crippen LogP contribution in [0.4, 0.5) is 5.82 Å². The van der Waals surface area contributed by atoms with Crippen LogP contribution in [-0.4, -0.2) is 23.1 Å². The van der Waals surface area contributed by atoms with Crippen LogP contribution in [0.15, 0.2) is 22.7 Å². The SMILES string of the molecule is Cc1nc(N2CCCC2)c2ccc(Br)cc2n1. The summed E-state index contributed by atoms with van der Waals surface area (Å²) < 4.78 is 1.07. The van der Waals surface area contributed by atoms with Crippen molar-refractivity contribution >= 4 is 32.7 Å². The van der Waals surface area contributed by atoms with Crippen LogP contribution in [0.3, 0.4) is 0 Å². The van der Waals surface area contributed by atoms with Crippen LogP contribution in [-0.2, 0) is 0 Å². The van der Waals surface area contributed by atoms with Gasteiger partial charge in [-0.25, -0.2) is 9.97 Å². The van der Waals surface area contributed by atoms with Gasteiger partial charge in [-0.15, -0.1) is 0 Å². The first kappa shape index (κ1) is 11.0. The van der Waals surface area contributed by atoms with Gasteiger partial charge in [0.1, 0.15) is 11.6 Å². The highest BCUT2D eigenvalue weighted by Crippen LogP contribution is 2.28. The van der Waals surface area contributed by atoms with E-state index in [2.05, 4.69) is 49.0 Å². The number of aromatic nitrogens is 2. The summed E-state index contributed by atoms with van der Waals surface area (Å²) in [6.45, 7) is 4.18. The molecule has 2 heterocycles. The van der Waals surface area contributed by atoms with Crippen molar-refractivity contribution in [2.45, 2.75) is 19.8 Å². The number of aryl methyl sites for hydroxylation is 1. The maximum Gasteiger partial charge on any atom is 0.140 e. The van der Waals surface area contributed by atoms with Gasteiger partial charge < -0.3 is 4.90 Å². The Bertz CT molecular complexity index is 557. The Morgan fingerprint density at radius 3 is 2.71 bits per heavy atom. The second-order valence-electron chi connectivity index (χ2n) is 4.45. The van der Waals surface area contributed by atoms with Crippen LogP contribution >= 0.6 is 15.9 Å². The molecule has 3 nitrogen and oxygen atoms in total. The fraction of sp³-hybridized carbons (Fsp3) is 0.385. The van der Waals surface area contributed by atoms with E-state index in [0.29, 0.717) is 0 Å². The van der Waals surface area contributed by atoms with Crippen LogP contribution in [0, 0.1) is 6.92 Å². The minimum atomic E-state index is 0.845. The number of halogens is 1. The van der Waals surface area contributed by atoms with E-state index in [9.17, 15) is 0 Å². The van der Waals surface area contributed by atoms with Gasteiger partial charge in [0.25, 0.3) is 0 Å². The topological polar surface area (TPSA) is 29.0 Å². The van der Waals surface area contributed by atoms with Crippen LogP contribution in [0.1, 0.15) is 18.7 Å². The zero-order valence-corrected chi connectivity index (χ0v) is 11.4. The number of benzene rings is 1. The maximum atomic E-state index is 4.61. The summed E-state index contributed by atoms with van der Waals surface area (Å²) in [7, 11) is 0. The van der Waals surface area contributed by atoms with Gasteiger partial charge >= 0.3 is 0 Å². The highest BCUT2D eigenvalue weighted by Gasteiger charge is 2.17.